The van der Waals surface area contributed by atoms with Gasteiger partial charge in [-0.25, -0.2) is 0 Å². The summed E-state index contributed by atoms with van der Waals surface area (Å²) in [7, 11) is 0. The van der Waals surface area contributed by atoms with Gasteiger partial charge in [-0.05, 0) is 111 Å². The first-order valence-electron chi connectivity index (χ1n) is 33.3. The van der Waals surface area contributed by atoms with Gasteiger partial charge >= 0.3 is 0 Å². The monoisotopic (exact) mass is 1220 g/mol. The van der Waals surface area contributed by atoms with Gasteiger partial charge in [-0.1, -0.05) is 273 Å². The summed E-state index contributed by atoms with van der Waals surface area (Å²) >= 11 is 0. The zero-order valence-electron chi connectivity index (χ0n) is 52.1. The maximum Gasteiger partial charge on any atom is 0.252 e. The zero-order valence-corrected chi connectivity index (χ0v) is 52.1. The minimum atomic E-state index is -0.244. The van der Waals surface area contributed by atoms with Crippen LogP contribution in [0.25, 0.3) is 121 Å². The van der Waals surface area contributed by atoms with Gasteiger partial charge in [0.25, 0.3) is 6.71 Å². The molecule has 0 unspecified atom stereocenters. The van der Waals surface area contributed by atoms with Crippen LogP contribution in [0.3, 0.4) is 0 Å². The molecule has 96 heavy (non-hydrogen) atoms. The Labute approximate surface area is 554 Å². The Bertz CT molecular complexity index is 6040. The van der Waals surface area contributed by atoms with Crippen molar-refractivity contribution in [3.8, 4) is 44.5 Å². The highest BCUT2D eigenvalue weighted by atomic mass is 15.2. The minimum absolute atomic E-state index is 0.244. The van der Waals surface area contributed by atoms with E-state index >= 15 is 0 Å². The smallest absolute Gasteiger partial charge is 0.252 e. The molecule has 0 saturated carbocycles. The second-order valence-corrected chi connectivity index (χ2v) is 25.9. The van der Waals surface area contributed by atoms with Crippen molar-refractivity contribution in [2.45, 2.75) is 0 Å². The summed E-state index contributed by atoms with van der Waals surface area (Å²) in [5, 5.41) is 10.1. The van der Waals surface area contributed by atoms with Gasteiger partial charge in [0.15, 0.2) is 0 Å². The first-order chi connectivity index (χ1) is 47.7. The molecule has 0 amide bonds. The summed E-state index contributed by atoms with van der Waals surface area (Å²) in [6, 6.07) is 127. The third kappa shape index (κ3) is 7.52. The summed E-state index contributed by atoms with van der Waals surface area (Å²) < 4.78 is 5.11. The maximum absolute atomic E-state index is 2.65. The van der Waals surface area contributed by atoms with Gasteiger partial charge in [-0.2, -0.15) is 0 Å². The second-order valence-electron chi connectivity index (χ2n) is 25.9. The first-order valence-corrected chi connectivity index (χ1v) is 33.3. The molecule has 0 spiro atoms. The number of rotatable bonds is 9. The lowest BCUT2D eigenvalue weighted by Gasteiger charge is -2.45. The van der Waals surface area contributed by atoms with E-state index in [1.165, 1.54) is 98.1 Å². The van der Waals surface area contributed by atoms with Crippen LogP contribution in [-0.2, 0) is 0 Å². The largest absolute Gasteiger partial charge is 0.311 e. The standard InChI is InChI=1S/C90H56BN5/c1-5-25-57(26-6-1)58-47-49-62(50-48-58)92(77-42-18-13-33-64(77)59-27-7-2-8-28-59)63-51-86-88-87(52-63)94(79-44-20-15-35-66(79)61-31-11-4-12-32-61)85-56-83-74(72-41-24-39-70-68-37-17-22-46-81(68)96(83)90(70)72)54-76(85)91(88)75-53-73-71-40-23-38-69-67-36-16-21-45-80(67)95(89(69)71)82(73)55-84(75)93(86)78-43-19-14-34-65(78)60-29-9-3-10-30-60/h1-56H. The highest BCUT2D eigenvalue weighted by Crippen LogP contribution is 2.54. The SMILES string of the molecule is c1ccc(-c2ccc(N(c3cc4c5c(c3)N(c3ccccc3-c3ccccc3)c3cc6c(cc3B5c3cc5c7cccc8c9ccccc9n(c5cc3N4c3ccccc3-c3ccccc3)c87)c3cccc4c5ccccc5n6c43)c3ccccc3-c3ccccc3)cc2)cc1. The van der Waals surface area contributed by atoms with Crippen molar-refractivity contribution in [2.75, 3.05) is 14.7 Å². The zero-order chi connectivity index (χ0) is 62.7. The van der Waals surface area contributed by atoms with Crippen LogP contribution in [0.1, 0.15) is 0 Å². The van der Waals surface area contributed by atoms with Crippen molar-refractivity contribution >= 4 is 150 Å². The van der Waals surface area contributed by atoms with Crippen molar-refractivity contribution < 1.29 is 0 Å². The number of anilines is 9. The van der Waals surface area contributed by atoms with Gasteiger partial charge in [0.2, 0.25) is 0 Å². The van der Waals surface area contributed by atoms with Gasteiger partial charge in [0.05, 0.1) is 55.8 Å². The van der Waals surface area contributed by atoms with E-state index in [-0.39, 0.29) is 6.71 Å². The summed E-state index contributed by atoms with van der Waals surface area (Å²) in [4.78, 5) is 7.84. The van der Waals surface area contributed by atoms with E-state index in [0.717, 1.165) is 90.1 Å². The molecule has 6 heteroatoms. The van der Waals surface area contributed by atoms with E-state index in [2.05, 4.69) is 363 Å². The third-order valence-corrected chi connectivity index (χ3v) is 20.9. The van der Waals surface area contributed by atoms with Crippen LogP contribution in [0.5, 0.6) is 0 Å². The molecule has 19 aromatic rings. The highest BCUT2D eigenvalue weighted by molar-refractivity contribution is 7.00. The summed E-state index contributed by atoms with van der Waals surface area (Å²) in [6.07, 6.45) is 0. The van der Waals surface area contributed by atoms with Gasteiger partial charge in [-0.3, -0.25) is 0 Å². The van der Waals surface area contributed by atoms with E-state index in [9.17, 15) is 0 Å². The first kappa shape index (κ1) is 52.9. The molecule has 6 heterocycles. The quantitative estimate of drug-likeness (QED) is 0.134. The van der Waals surface area contributed by atoms with Crippen molar-refractivity contribution in [1.82, 2.24) is 8.80 Å². The number of nitrogens with zero attached hydrogens (tertiary/aromatic N) is 5. The molecule has 2 aliphatic rings. The second kappa shape index (κ2) is 20.4. The van der Waals surface area contributed by atoms with Crippen molar-refractivity contribution in [1.29, 1.82) is 0 Å². The Morgan fingerprint density at radius 2 is 0.604 bits per heavy atom. The Kier molecular flexibility index (Phi) is 11.3. The van der Waals surface area contributed by atoms with Crippen LogP contribution >= 0.6 is 0 Å². The number of para-hydroxylation sites is 7. The Balaban J connectivity index is 0.953. The predicted molar refractivity (Wildman–Crippen MR) is 406 cm³/mol. The normalized spacial score (nSPS) is 12.7. The molecule has 15 aromatic carbocycles. The van der Waals surface area contributed by atoms with Crippen LogP contribution in [0.4, 0.5) is 51.2 Å². The summed E-state index contributed by atoms with van der Waals surface area (Å²) in [6.45, 7) is -0.244. The molecule has 0 bridgehead atoms. The van der Waals surface area contributed by atoms with Gasteiger partial charge in [-0.15, -0.1) is 0 Å². The van der Waals surface area contributed by atoms with Crippen molar-refractivity contribution in [3.63, 3.8) is 0 Å². The van der Waals surface area contributed by atoms with Crippen LogP contribution in [0.2, 0.25) is 0 Å². The lowest BCUT2D eigenvalue weighted by atomic mass is 9.33. The topological polar surface area (TPSA) is 18.5 Å². The fraction of sp³-hybridized carbons (Fsp3) is 0. The number of benzene rings is 15. The van der Waals surface area contributed by atoms with Gasteiger partial charge in [0.1, 0.15) is 0 Å². The average molecular weight is 1220 g/mol. The average Bonchev–Trinajstić information content (AvgIpc) is 1.31. The molecule has 0 atom stereocenters. The minimum Gasteiger partial charge on any atom is -0.311 e. The predicted octanol–water partition coefficient (Wildman–Crippen LogP) is 22.2. The summed E-state index contributed by atoms with van der Waals surface area (Å²) in [5.74, 6) is 0. The van der Waals surface area contributed by atoms with Gasteiger partial charge in [0, 0.05) is 88.2 Å². The van der Waals surface area contributed by atoms with E-state index in [1.807, 2.05) is 0 Å². The third-order valence-electron chi connectivity index (χ3n) is 20.9. The molecule has 444 valence electrons. The number of fused-ring (bicyclic) bond motifs is 16. The Hall–Kier alpha value is -12.6. The Morgan fingerprint density at radius 3 is 1.09 bits per heavy atom. The molecule has 0 fully saturated rings. The maximum atomic E-state index is 2.65. The molecule has 0 saturated heterocycles. The molecular formula is C90H56BN5. The summed E-state index contributed by atoms with van der Waals surface area (Å²) in [5.41, 5.74) is 30.0. The number of hydrogen-bond donors (Lipinski definition) is 0. The van der Waals surface area contributed by atoms with E-state index in [4.69, 9.17) is 0 Å². The van der Waals surface area contributed by atoms with Crippen molar-refractivity contribution in [2.24, 2.45) is 0 Å². The molecule has 0 aliphatic carbocycles. The Morgan fingerprint density at radius 1 is 0.229 bits per heavy atom. The van der Waals surface area contributed by atoms with Crippen molar-refractivity contribution in [3.05, 3.63) is 340 Å². The van der Waals surface area contributed by atoms with E-state index in [0.29, 0.717) is 0 Å². The molecule has 0 N–H and O–H groups in total. The molecule has 5 nitrogen and oxygen atoms in total. The fourth-order valence-electron chi connectivity index (χ4n) is 16.9. The number of aromatic nitrogens is 2. The van der Waals surface area contributed by atoms with Crippen LogP contribution < -0.4 is 31.1 Å². The van der Waals surface area contributed by atoms with E-state index in [1.54, 1.807) is 0 Å². The number of hydrogen-bond acceptors (Lipinski definition) is 3. The fourth-order valence-corrected chi connectivity index (χ4v) is 16.9. The van der Waals surface area contributed by atoms with Gasteiger partial charge < -0.3 is 23.5 Å². The molecule has 21 rings (SSSR count). The van der Waals surface area contributed by atoms with Crippen LogP contribution in [0.15, 0.2) is 340 Å². The lowest BCUT2D eigenvalue weighted by Crippen LogP contribution is -2.61. The lowest BCUT2D eigenvalue weighted by molar-refractivity contribution is 1.23. The van der Waals surface area contributed by atoms with Crippen LogP contribution in [0, 0.1) is 0 Å². The molecule has 2 aliphatic heterocycles. The van der Waals surface area contributed by atoms with E-state index < -0.39 is 0 Å². The molecular weight excluding hydrogens is 1160 g/mol. The molecule has 0 radical (unpaired) electrons. The highest BCUT2D eigenvalue weighted by Gasteiger charge is 2.46. The van der Waals surface area contributed by atoms with Crippen LogP contribution in [-0.4, -0.2) is 15.5 Å². The molecule has 4 aromatic heterocycles.